The number of phenolic OH excluding ortho intramolecular Hbond substituents is 1. The van der Waals surface area contributed by atoms with Gasteiger partial charge in [0, 0.05) is 124 Å². The number of amides is 17. The highest BCUT2D eigenvalue weighted by Gasteiger charge is 2.51. The average Bonchev–Trinajstić information content (AvgIpc) is 1.63. The maximum atomic E-state index is 15.9. The molecule has 0 aliphatic carbocycles. The zero-order valence-electron chi connectivity index (χ0n) is 79.5. The Bertz CT molecular complexity index is 5620. The third-order valence-corrected chi connectivity index (χ3v) is 27.2. The van der Waals surface area contributed by atoms with Crippen LogP contribution in [-0.4, -0.2) is 331 Å². The van der Waals surface area contributed by atoms with Crippen molar-refractivity contribution < 1.29 is 117 Å². The molecule has 5 aliphatic rings. The van der Waals surface area contributed by atoms with Gasteiger partial charge in [-0.05, 0) is 105 Å². The van der Waals surface area contributed by atoms with Crippen molar-refractivity contribution in [1.82, 2.24) is 96.6 Å². The van der Waals surface area contributed by atoms with Gasteiger partial charge in [0.1, 0.15) is 90.8 Å². The van der Waals surface area contributed by atoms with Crippen molar-refractivity contribution in [2.75, 3.05) is 58.4 Å². The molecule has 0 saturated carbocycles. The molecular weight excluding hydrogens is 1850 g/mol. The van der Waals surface area contributed by atoms with Crippen LogP contribution in [0.3, 0.4) is 0 Å². The Morgan fingerprint density at radius 3 is 1.86 bits per heavy atom. The highest BCUT2D eigenvalue weighted by Crippen LogP contribution is 2.33. The summed E-state index contributed by atoms with van der Waals surface area (Å²) in [5, 5.41) is 81.2. The fourth-order valence-corrected chi connectivity index (χ4v) is 19.7. The van der Waals surface area contributed by atoms with Crippen molar-refractivity contribution in [3.8, 4) is 5.75 Å². The second-order valence-electron chi connectivity index (χ2n) is 36.9. The topological polar surface area (TPSA) is 653 Å². The molecule has 0 radical (unpaired) electrons. The predicted octanol–water partition coefficient (Wildman–Crippen LogP) is -2.41. The van der Waals surface area contributed by atoms with E-state index in [1.165, 1.54) is 71.0 Å². The van der Waals surface area contributed by atoms with Gasteiger partial charge in [0.2, 0.25) is 100 Å². The van der Waals surface area contributed by atoms with E-state index in [-0.39, 0.29) is 94.7 Å². The number of para-hydroxylation sites is 2. The number of aliphatic hydroxyl groups excluding tert-OH is 2. The van der Waals surface area contributed by atoms with Gasteiger partial charge >= 0.3 is 18.9 Å². The molecule has 4 fully saturated rings. The first kappa shape index (κ1) is 107. The molecular formula is C94H126BN21O24S. The summed E-state index contributed by atoms with van der Waals surface area (Å²) in [7, 11) is 2.63. The molecule has 3 aromatic carbocycles. The quantitative estimate of drug-likeness (QED) is 0.0265. The van der Waals surface area contributed by atoms with Crippen LogP contribution in [0.4, 0.5) is 0 Å². The van der Waals surface area contributed by atoms with E-state index in [4.69, 9.17) is 11.5 Å². The SMILES string of the molecule is CCCC[C@H]1C(=O)N(C)[C@@H](CCCC)C(=O)N[C@@H](CC(C)C)C(=O)N[C@H](C(=O)NCC(N)=O)CSCC(=O)N[C@@H](Cc2ccc(O)cc2)C(=O)N2CCCC[C@H]2C(=O)N[C@@H](CC(=O)O)C(=O)N2CCC[C@H]2C(=O)N[C@H]2Cc3cncn3B(NC2=O)[C@@H](CCC(N)=O)C(=O)N2C[C@H](O)C[C@H]2C(=O)N[C@@H](Cc2c[nH]c3ccccc23)C(=O)N[C@@H](CO)C(=O)N[C@@H](Cc2cn(CC(=O)O)c3ccccc23)C(=O)N1C. The van der Waals surface area contributed by atoms with Gasteiger partial charge in [-0.2, -0.15) is 0 Å². The lowest BCUT2D eigenvalue weighted by Crippen LogP contribution is -2.61. The number of nitrogens with one attached hydrogen (secondary N) is 11. The number of carboxylic acids is 2. The fourth-order valence-electron chi connectivity index (χ4n) is 18.9. The molecule has 45 nitrogen and oxygen atoms in total. The lowest BCUT2D eigenvalue weighted by molar-refractivity contribution is -0.149. The zero-order chi connectivity index (χ0) is 102. The van der Waals surface area contributed by atoms with Crippen LogP contribution in [0, 0.1) is 5.92 Å². The van der Waals surface area contributed by atoms with Crippen LogP contribution in [0.15, 0.2) is 97.7 Å². The van der Waals surface area contributed by atoms with Crippen LogP contribution < -0.4 is 64.5 Å². The number of fused-ring (bicyclic) bond motifs is 10. The number of aromatic nitrogens is 4. The summed E-state index contributed by atoms with van der Waals surface area (Å²) >= 11 is 0.784. The number of imidazole rings is 1. The molecule has 3 aromatic heterocycles. The smallest absolute Gasteiger partial charge is 0.393 e. The van der Waals surface area contributed by atoms with Crippen LogP contribution >= 0.6 is 11.8 Å². The van der Waals surface area contributed by atoms with Gasteiger partial charge in [-0.25, -0.2) is 4.98 Å². The summed E-state index contributed by atoms with van der Waals surface area (Å²) < 4.78 is 2.80. The molecule has 760 valence electrons. The normalized spacial score (nSPS) is 25.0. The van der Waals surface area contributed by atoms with Gasteiger partial charge in [-0.3, -0.25) is 91.1 Å². The Labute approximate surface area is 816 Å². The number of phenols is 1. The van der Waals surface area contributed by atoms with Crippen LogP contribution in [0.5, 0.6) is 5.75 Å². The van der Waals surface area contributed by atoms with Crippen LogP contribution in [-0.2, 0) is 123 Å². The summed E-state index contributed by atoms with van der Waals surface area (Å²) in [4.78, 5) is 291. The highest BCUT2D eigenvalue weighted by molar-refractivity contribution is 8.00. The molecule has 6 aromatic rings. The van der Waals surface area contributed by atoms with E-state index in [2.05, 4.69) is 63.0 Å². The van der Waals surface area contributed by atoms with Crippen molar-refractivity contribution in [3.05, 3.63) is 120 Å². The summed E-state index contributed by atoms with van der Waals surface area (Å²) in [5.74, 6) is -22.0. The Morgan fingerprint density at radius 1 is 0.589 bits per heavy atom. The molecule has 2 bridgehead atoms. The second-order valence-corrected chi connectivity index (χ2v) is 37.9. The van der Waals surface area contributed by atoms with Gasteiger partial charge < -0.3 is 129 Å². The molecule has 141 heavy (non-hydrogen) atoms. The number of aromatic hydroxyl groups is 1. The first-order valence-electron chi connectivity index (χ1n) is 47.5. The fraction of sp³-hybridized carbons (Fsp3) is 0.532. The number of carbonyl (C=O) groups excluding carboxylic acids is 17. The van der Waals surface area contributed by atoms with E-state index in [9.17, 15) is 78.3 Å². The molecule has 17 amide bonds. The number of rotatable bonds is 25. The zero-order valence-corrected chi connectivity index (χ0v) is 80.3. The Kier molecular flexibility index (Phi) is 37.9. The number of H-pyrrole nitrogens is 1. The number of nitrogens with two attached hydrogens (primary N) is 2. The van der Waals surface area contributed by atoms with Crippen molar-refractivity contribution >= 4 is 153 Å². The molecule has 47 heteroatoms. The number of benzene rings is 3. The van der Waals surface area contributed by atoms with Gasteiger partial charge in [0.25, 0.3) is 0 Å². The maximum Gasteiger partial charge on any atom is 0.393 e. The minimum atomic E-state index is -1.99. The number of carbonyl (C=O) groups is 19. The Balaban J connectivity index is 0.965. The van der Waals surface area contributed by atoms with E-state index in [0.29, 0.717) is 70.6 Å². The first-order valence-corrected chi connectivity index (χ1v) is 48.6. The van der Waals surface area contributed by atoms with Crippen molar-refractivity contribution in [3.63, 3.8) is 0 Å². The van der Waals surface area contributed by atoms with Gasteiger partial charge in [0.05, 0.1) is 43.6 Å². The molecule has 4 saturated heterocycles. The molecule has 15 atom stereocenters. The maximum absolute atomic E-state index is 15.9. The predicted molar refractivity (Wildman–Crippen MR) is 511 cm³/mol. The third-order valence-electron chi connectivity index (χ3n) is 26.1. The molecule has 0 spiro atoms. The molecule has 5 aliphatic heterocycles. The van der Waals surface area contributed by atoms with Gasteiger partial charge in [-0.1, -0.05) is 102 Å². The number of hydrogen-bond acceptors (Lipinski definition) is 24. The van der Waals surface area contributed by atoms with E-state index in [0.717, 1.165) is 31.4 Å². The van der Waals surface area contributed by atoms with Crippen molar-refractivity contribution in [2.24, 2.45) is 17.4 Å². The van der Waals surface area contributed by atoms with Gasteiger partial charge in [0.15, 0.2) is 0 Å². The first-order chi connectivity index (χ1) is 67.3. The summed E-state index contributed by atoms with van der Waals surface area (Å²) in [6, 6.07) is -1.69. The minimum Gasteiger partial charge on any atom is -0.508 e. The van der Waals surface area contributed by atoms with E-state index in [1.807, 2.05) is 13.8 Å². The highest BCUT2D eigenvalue weighted by atomic mass is 32.2. The van der Waals surface area contributed by atoms with Crippen LogP contribution in [0.2, 0.25) is 5.82 Å². The molecule has 0 unspecified atom stereocenters. The van der Waals surface area contributed by atoms with E-state index in [1.54, 1.807) is 68.6 Å². The lowest BCUT2D eigenvalue weighted by Gasteiger charge is -2.38. The molecule has 11 rings (SSSR count). The monoisotopic (exact) mass is 1980 g/mol. The van der Waals surface area contributed by atoms with Crippen LogP contribution in [0.25, 0.3) is 21.8 Å². The Morgan fingerprint density at radius 2 is 1.18 bits per heavy atom. The number of likely N-dealkylation sites (N-methyl/N-ethyl adjacent to an activating group) is 2. The summed E-state index contributed by atoms with van der Waals surface area (Å²) in [6.07, 6.45) is 2.39. The number of primary amides is 2. The third kappa shape index (κ3) is 27.8. The Hall–Kier alpha value is -14.0. The number of aromatic amines is 1. The summed E-state index contributed by atoms with van der Waals surface area (Å²) in [6.45, 7) is 2.35. The number of aliphatic hydroxyl groups is 2. The summed E-state index contributed by atoms with van der Waals surface area (Å²) in [5.41, 5.74) is 13.6. The van der Waals surface area contributed by atoms with E-state index < -0.39 is 280 Å². The van der Waals surface area contributed by atoms with Crippen LogP contribution in [0.1, 0.15) is 153 Å². The number of carboxylic acid groups (broad SMARTS) is 2. The largest absolute Gasteiger partial charge is 0.508 e. The number of nitrogens with zero attached hydrogens (tertiary/aromatic N) is 8. The van der Waals surface area contributed by atoms with E-state index >= 15 is 38.4 Å². The minimum absolute atomic E-state index is 0.0247. The lowest BCUT2D eigenvalue weighted by atomic mass is 9.59. The molecule has 8 heterocycles. The number of aliphatic carboxylic acids is 2. The van der Waals surface area contributed by atoms with Crippen molar-refractivity contribution in [2.45, 2.75) is 253 Å². The molecule has 20 N–H and O–H groups in total. The average molecular weight is 1980 g/mol. The standard InChI is InChI=1S/C94H126BN21O24S/c1-7-9-21-71-86(132)102-62(34-51(3)4)82(128)108-69(81(127)100-43-77(97)121)48-141-49-78(122)101-65(35-52-26-28-56(118)29-27-52)92(138)113-32-16-15-24-72(113)88(134)106-67(40-79(123)124)93(139)114-33-17-25-73(114)87(133)104-64-38-55-42-98-50-116(55)95(109-85(64)131)60(30-31-76(96)120)90(136)115-45-57(119)39-75(115)89(135)103-63(36-53-41-99-61-20-13-11-18-58(53)61)83(129)107-68(47-117)84(130)105-66(91(137)111(6)74(22-10-8-2)94(140)110(71)5)37-54-44-112(46-80(125)126)70-23-14-12-19-59(54)70/h11-14,18-20,23,26-29,41-42,44,50-51,57,60,62-69,71-75,99,117-119H,7-10,15-17,21-22,24-25,30-40,43,45-49H2,1-6H3,(H2,96,120)(H2,97,121)(H,100,127)(H,101,122)(H,102,132)(H,103,135)(H,104,133)(H,105,130)(H,106,134)(H,107,129)(H,108,128)(H,109,131)(H,123,124)(H,125,126)/t57-,60+,62+,63+,64+,65+,66+,67+,68+,69+,71+,72+,73+,74+,75+/m1/s1. The number of piperidine rings is 1. The van der Waals surface area contributed by atoms with Crippen molar-refractivity contribution in [1.29, 1.82) is 0 Å². The number of thioether (sulfide) groups is 1. The number of hydrogen-bond donors (Lipinski definition) is 18. The second kappa shape index (κ2) is 49.7. The number of unbranched alkanes of at least 4 members (excludes halogenated alkanes) is 2. The van der Waals surface area contributed by atoms with Gasteiger partial charge in [-0.15, -0.1) is 11.8 Å².